The van der Waals surface area contributed by atoms with Crippen LogP contribution in [0.15, 0.2) is 48.5 Å². The lowest BCUT2D eigenvalue weighted by Gasteiger charge is -2.28. The normalized spacial score (nSPS) is 16.2. The molecule has 4 heteroatoms. The van der Waals surface area contributed by atoms with E-state index in [1.807, 2.05) is 51.2 Å². The maximum atomic E-state index is 13.2. The van der Waals surface area contributed by atoms with Crippen molar-refractivity contribution in [2.45, 2.75) is 79.2 Å². The first kappa shape index (κ1) is 28.7. The minimum Gasteiger partial charge on any atom is -0.507 e. The number of benzene rings is 2. The predicted octanol–water partition coefficient (Wildman–Crippen LogP) is 7.89. The number of likely N-dealkylation sites (N-methyl/N-ethyl adjacent to an activating group) is 1. The van der Waals surface area contributed by atoms with Crippen molar-refractivity contribution in [1.82, 2.24) is 4.90 Å². The number of phenolic OH excluding ortho intramolecular Hbond substituents is 1. The van der Waals surface area contributed by atoms with Gasteiger partial charge in [-0.25, -0.2) is 4.39 Å². The van der Waals surface area contributed by atoms with E-state index in [0.29, 0.717) is 12.1 Å². The minimum atomic E-state index is -0.446. The maximum absolute atomic E-state index is 13.2. The molecule has 1 aliphatic rings. The van der Waals surface area contributed by atoms with Gasteiger partial charge in [0.25, 0.3) is 0 Å². The summed E-state index contributed by atoms with van der Waals surface area (Å²) in [6.45, 7) is 11.6. The van der Waals surface area contributed by atoms with Crippen molar-refractivity contribution in [3.8, 4) is 5.75 Å². The molecule has 2 unspecified atom stereocenters. The van der Waals surface area contributed by atoms with E-state index < -0.39 is 5.82 Å². The fraction of sp³-hybridized carbons (Fsp3) is 0.517. The van der Waals surface area contributed by atoms with Gasteiger partial charge in [0.05, 0.1) is 6.04 Å². The van der Waals surface area contributed by atoms with E-state index in [2.05, 4.69) is 25.7 Å². The van der Waals surface area contributed by atoms with Crippen molar-refractivity contribution in [3.05, 3.63) is 71.0 Å². The Balaban J connectivity index is 0.000000386. The van der Waals surface area contributed by atoms with Gasteiger partial charge in [0.15, 0.2) is 0 Å². The average Bonchev–Trinajstić information content (AvgIpc) is 2.95. The van der Waals surface area contributed by atoms with E-state index >= 15 is 0 Å². The van der Waals surface area contributed by atoms with Crippen LogP contribution >= 0.6 is 0 Å². The Hall–Kier alpha value is -2.33. The summed E-state index contributed by atoms with van der Waals surface area (Å²) in [5, 5.41) is 10.1. The van der Waals surface area contributed by atoms with Crippen LogP contribution in [0.4, 0.5) is 4.39 Å². The Labute approximate surface area is 201 Å². The van der Waals surface area contributed by atoms with Crippen LogP contribution < -0.4 is 5.73 Å². The summed E-state index contributed by atoms with van der Waals surface area (Å²) in [4.78, 5) is 2.08. The highest BCUT2D eigenvalue weighted by Crippen LogP contribution is 2.38. The molecule has 2 aromatic rings. The second-order valence-corrected chi connectivity index (χ2v) is 8.65. The number of rotatable bonds is 7. The lowest BCUT2D eigenvalue weighted by Crippen LogP contribution is -2.25. The molecule has 0 saturated carbocycles. The van der Waals surface area contributed by atoms with Gasteiger partial charge in [-0.3, -0.25) is 4.90 Å². The summed E-state index contributed by atoms with van der Waals surface area (Å²) in [7, 11) is 1.96. The van der Waals surface area contributed by atoms with Gasteiger partial charge in [-0.1, -0.05) is 103 Å². The number of halogens is 1. The molecule has 0 bridgehead atoms. The summed E-state index contributed by atoms with van der Waals surface area (Å²) in [6, 6.07) is 11.8. The number of hydrogen-bond acceptors (Lipinski definition) is 3. The van der Waals surface area contributed by atoms with Crippen LogP contribution in [-0.2, 0) is 0 Å². The van der Waals surface area contributed by atoms with Crippen molar-refractivity contribution >= 4 is 5.70 Å². The standard InChI is InChI=1S/C17H17FN2O.C10H22.C2H6/c1-20-9-8-15(19)12-4-2-3-5-13(12)17(20)14-7-6-11(18)10-16(14)21;1-4-6-7-8-9-10(3)5-2;1-2/h2-8,10,17,21H,9,19H2,1H3;10H,4-9H2,1-3H3;1-2H3. The lowest BCUT2D eigenvalue weighted by atomic mass is 9.92. The number of nitrogens with two attached hydrogens (primary N) is 1. The summed E-state index contributed by atoms with van der Waals surface area (Å²) in [5.74, 6) is 0.470. The van der Waals surface area contributed by atoms with E-state index in [4.69, 9.17) is 5.73 Å². The van der Waals surface area contributed by atoms with Crippen LogP contribution in [0.3, 0.4) is 0 Å². The molecule has 3 rings (SSSR count). The van der Waals surface area contributed by atoms with E-state index in [9.17, 15) is 9.50 Å². The molecule has 33 heavy (non-hydrogen) atoms. The van der Waals surface area contributed by atoms with Gasteiger partial charge in [0.2, 0.25) is 0 Å². The van der Waals surface area contributed by atoms with Crippen LogP contribution in [0, 0.1) is 11.7 Å². The molecule has 0 fully saturated rings. The predicted molar refractivity (Wildman–Crippen MR) is 141 cm³/mol. The third-order valence-electron chi connectivity index (χ3n) is 6.14. The fourth-order valence-electron chi connectivity index (χ4n) is 3.97. The Morgan fingerprint density at radius 1 is 1.06 bits per heavy atom. The maximum Gasteiger partial charge on any atom is 0.126 e. The first-order valence-electron chi connectivity index (χ1n) is 12.6. The van der Waals surface area contributed by atoms with Crippen molar-refractivity contribution in [2.24, 2.45) is 11.7 Å². The van der Waals surface area contributed by atoms with Crippen molar-refractivity contribution < 1.29 is 9.50 Å². The number of hydrogen-bond donors (Lipinski definition) is 2. The van der Waals surface area contributed by atoms with Crippen LogP contribution in [0.2, 0.25) is 0 Å². The largest absolute Gasteiger partial charge is 0.507 e. The number of phenols is 1. The number of unbranched alkanes of at least 4 members (excludes halogenated alkanes) is 3. The highest BCUT2D eigenvalue weighted by atomic mass is 19.1. The van der Waals surface area contributed by atoms with Gasteiger partial charge in [0, 0.05) is 29.4 Å². The Morgan fingerprint density at radius 3 is 2.39 bits per heavy atom. The highest BCUT2D eigenvalue weighted by Gasteiger charge is 2.26. The number of nitrogens with zero attached hydrogens (tertiary/aromatic N) is 1. The Morgan fingerprint density at radius 2 is 1.76 bits per heavy atom. The molecule has 3 N–H and O–H groups in total. The quantitative estimate of drug-likeness (QED) is 0.416. The van der Waals surface area contributed by atoms with Crippen molar-refractivity contribution in [2.75, 3.05) is 13.6 Å². The third-order valence-corrected chi connectivity index (χ3v) is 6.14. The molecule has 2 atom stereocenters. The summed E-state index contributed by atoms with van der Waals surface area (Å²) < 4.78 is 13.2. The molecule has 0 radical (unpaired) electrons. The van der Waals surface area contributed by atoms with Gasteiger partial charge in [-0.15, -0.1) is 0 Å². The Kier molecular flexibility index (Phi) is 13.5. The molecule has 0 spiro atoms. The molecule has 2 aromatic carbocycles. The molecule has 0 amide bonds. The van der Waals surface area contributed by atoms with Gasteiger partial charge in [0.1, 0.15) is 11.6 Å². The zero-order valence-electron chi connectivity index (χ0n) is 21.6. The average molecular weight is 457 g/mol. The summed E-state index contributed by atoms with van der Waals surface area (Å²) >= 11 is 0. The molecule has 0 saturated heterocycles. The van der Waals surface area contributed by atoms with E-state index in [0.717, 1.165) is 28.8 Å². The minimum absolute atomic E-state index is 0.0397. The summed E-state index contributed by atoms with van der Waals surface area (Å²) in [5.41, 5.74) is 9.48. The van der Waals surface area contributed by atoms with Gasteiger partial charge in [-0.05, 0) is 30.7 Å². The van der Waals surface area contributed by atoms with Gasteiger partial charge < -0.3 is 10.8 Å². The SMILES string of the molecule is CC.CCCCCCC(C)CC.CN1CC=C(N)c2ccccc2C1c1ccc(F)cc1O. The van der Waals surface area contributed by atoms with Crippen LogP contribution in [0.5, 0.6) is 5.75 Å². The molecule has 184 valence electrons. The second-order valence-electron chi connectivity index (χ2n) is 8.65. The van der Waals surface area contributed by atoms with E-state index in [-0.39, 0.29) is 11.8 Å². The van der Waals surface area contributed by atoms with Crippen LogP contribution in [0.1, 0.15) is 95.9 Å². The number of aromatic hydroxyl groups is 1. The molecule has 1 aliphatic heterocycles. The highest BCUT2D eigenvalue weighted by molar-refractivity contribution is 5.68. The monoisotopic (exact) mass is 456 g/mol. The molecule has 3 nitrogen and oxygen atoms in total. The molecular weight excluding hydrogens is 411 g/mol. The third kappa shape index (κ3) is 8.85. The first-order valence-corrected chi connectivity index (χ1v) is 12.6. The van der Waals surface area contributed by atoms with Crippen molar-refractivity contribution in [3.63, 3.8) is 0 Å². The summed E-state index contributed by atoms with van der Waals surface area (Å²) in [6.07, 6.45) is 10.4. The molecular formula is C29H45FN2O. The molecule has 0 aliphatic carbocycles. The second kappa shape index (κ2) is 15.5. The lowest BCUT2D eigenvalue weighted by molar-refractivity contribution is 0.303. The zero-order chi connectivity index (χ0) is 24.8. The first-order chi connectivity index (χ1) is 15.9. The van der Waals surface area contributed by atoms with E-state index in [1.54, 1.807) is 6.07 Å². The Bertz CT molecular complexity index is 849. The van der Waals surface area contributed by atoms with Crippen LogP contribution in [0.25, 0.3) is 5.70 Å². The molecule has 0 aromatic heterocycles. The topological polar surface area (TPSA) is 49.5 Å². The van der Waals surface area contributed by atoms with Crippen molar-refractivity contribution in [1.29, 1.82) is 0 Å². The van der Waals surface area contributed by atoms with Gasteiger partial charge in [-0.2, -0.15) is 0 Å². The molecule has 1 heterocycles. The smallest absolute Gasteiger partial charge is 0.126 e. The van der Waals surface area contributed by atoms with Gasteiger partial charge >= 0.3 is 0 Å². The number of fused-ring (bicyclic) bond motifs is 1. The van der Waals surface area contributed by atoms with Crippen LogP contribution in [-0.4, -0.2) is 23.6 Å². The van der Waals surface area contributed by atoms with E-state index in [1.165, 1.54) is 44.6 Å². The fourth-order valence-corrected chi connectivity index (χ4v) is 3.97. The zero-order valence-corrected chi connectivity index (χ0v) is 21.6.